The van der Waals surface area contributed by atoms with E-state index in [9.17, 15) is 15.0 Å². The van der Waals surface area contributed by atoms with E-state index in [0.717, 1.165) is 32.1 Å². The molecule has 10 unspecified atom stereocenters. The van der Waals surface area contributed by atoms with Crippen molar-refractivity contribution in [1.29, 1.82) is 0 Å². The molecular formula is C23H38O3. The lowest BCUT2D eigenvalue weighted by atomic mass is 9.41. The molecule has 0 aromatic carbocycles. The molecule has 0 bridgehead atoms. The molecule has 0 aliphatic heterocycles. The summed E-state index contributed by atoms with van der Waals surface area (Å²) in [5, 5.41) is 22.0. The summed E-state index contributed by atoms with van der Waals surface area (Å²) >= 11 is 0. The van der Waals surface area contributed by atoms with E-state index >= 15 is 0 Å². The van der Waals surface area contributed by atoms with Gasteiger partial charge in [0.1, 0.15) is 5.78 Å². The lowest BCUT2D eigenvalue weighted by Gasteiger charge is -2.66. The van der Waals surface area contributed by atoms with Crippen LogP contribution in [0.3, 0.4) is 0 Å². The van der Waals surface area contributed by atoms with Crippen LogP contribution in [0.15, 0.2) is 0 Å². The highest BCUT2D eigenvalue weighted by molar-refractivity contribution is 5.80. The first-order valence-corrected chi connectivity index (χ1v) is 11.0. The summed E-state index contributed by atoms with van der Waals surface area (Å²) in [6.45, 7) is 11.0. The van der Waals surface area contributed by atoms with Gasteiger partial charge in [0.05, 0.1) is 11.7 Å². The molecule has 0 radical (unpaired) electrons. The van der Waals surface area contributed by atoms with Gasteiger partial charge in [0, 0.05) is 12.3 Å². The third-order valence-corrected chi connectivity index (χ3v) is 10.0. The molecule has 148 valence electrons. The van der Waals surface area contributed by atoms with Gasteiger partial charge in [-0.2, -0.15) is 0 Å². The average molecular weight is 363 g/mol. The number of carbonyl (C=O) groups is 1. The molecule has 10 atom stereocenters. The van der Waals surface area contributed by atoms with Gasteiger partial charge >= 0.3 is 0 Å². The van der Waals surface area contributed by atoms with E-state index in [-0.39, 0.29) is 28.8 Å². The predicted molar refractivity (Wildman–Crippen MR) is 102 cm³/mol. The van der Waals surface area contributed by atoms with Gasteiger partial charge in [0.25, 0.3) is 0 Å². The van der Waals surface area contributed by atoms with Crippen molar-refractivity contribution >= 4 is 5.78 Å². The molecule has 0 saturated heterocycles. The van der Waals surface area contributed by atoms with Gasteiger partial charge < -0.3 is 10.2 Å². The molecule has 0 aromatic heterocycles. The van der Waals surface area contributed by atoms with E-state index in [4.69, 9.17) is 0 Å². The number of rotatable bonds is 1. The van der Waals surface area contributed by atoms with Gasteiger partial charge in [0.2, 0.25) is 0 Å². The first kappa shape index (κ1) is 18.9. The number of ketones is 1. The fourth-order valence-corrected chi connectivity index (χ4v) is 8.89. The molecule has 3 heteroatoms. The minimum atomic E-state index is -0.732. The largest absolute Gasteiger partial charge is 0.393 e. The van der Waals surface area contributed by atoms with Crippen molar-refractivity contribution in [3.05, 3.63) is 0 Å². The van der Waals surface area contributed by atoms with Crippen LogP contribution in [0.5, 0.6) is 0 Å². The Hall–Kier alpha value is -0.410. The van der Waals surface area contributed by atoms with Crippen LogP contribution in [-0.2, 0) is 4.79 Å². The molecule has 0 spiro atoms. The molecule has 0 amide bonds. The van der Waals surface area contributed by atoms with Crippen LogP contribution >= 0.6 is 0 Å². The van der Waals surface area contributed by atoms with Crippen LogP contribution in [0.2, 0.25) is 0 Å². The quantitative estimate of drug-likeness (QED) is 0.735. The molecule has 2 N–H and O–H groups in total. The molecule has 26 heavy (non-hydrogen) atoms. The molecule has 0 aromatic rings. The van der Waals surface area contributed by atoms with Crippen molar-refractivity contribution in [1.82, 2.24) is 0 Å². The first-order chi connectivity index (χ1) is 12.0. The number of aliphatic hydroxyl groups excluding tert-OH is 1. The standard InChI is InChI=1S/C23H38O3/c1-13-10-19-17-11-14(2)23(26)12-16(25)6-9-22(23,5)18(17)7-8-21(19,4)20(13)15(3)24/h13-14,16-20,25-26H,6-12H2,1-5H3. The maximum atomic E-state index is 12.5. The zero-order chi connectivity index (χ0) is 19.1. The molecule has 4 saturated carbocycles. The van der Waals surface area contributed by atoms with Crippen molar-refractivity contribution in [2.75, 3.05) is 0 Å². The van der Waals surface area contributed by atoms with Crippen molar-refractivity contribution < 1.29 is 15.0 Å². The monoisotopic (exact) mass is 362 g/mol. The Kier molecular flexibility index (Phi) is 4.22. The third-order valence-electron chi connectivity index (χ3n) is 10.0. The zero-order valence-electron chi connectivity index (χ0n) is 17.3. The lowest BCUT2D eigenvalue weighted by molar-refractivity contribution is -0.243. The number of aliphatic hydroxyl groups is 2. The average Bonchev–Trinajstić information content (AvgIpc) is 2.81. The van der Waals surface area contributed by atoms with Crippen LogP contribution in [0.1, 0.15) is 79.6 Å². The Labute approximate surface area is 158 Å². The molecule has 4 aliphatic rings. The van der Waals surface area contributed by atoms with Gasteiger partial charge in [0.15, 0.2) is 0 Å². The van der Waals surface area contributed by atoms with Crippen LogP contribution in [-0.4, -0.2) is 27.7 Å². The highest BCUT2D eigenvalue weighted by Crippen LogP contribution is 2.70. The van der Waals surface area contributed by atoms with E-state index in [1.54, 1.807) is 6.92 Å². The fraction of sp³-hybridized carbons (Fsp3) is 0.957. The molecule has 0 heterocycles. The van der Waals surface area contributed by atoms with Gasteiger partial charge in [-0.15, -0.1) is 0 Å². The Balaban J connectivity index is 1.71. The maximum Gasteiger partial charge on any atom is 0.133 e. The van der Waals surface area contributed by atoms with Gasteiger partial charge in [-0.1, -0.05) is 27.7 Å². The van der Waals surface area contributed by atoms with Crippen LogP contribution < -0.4 is 0 Å². The highest BCUT2D eigenvalue weighted by Gasteiger charge is 2.67. The smallest absolute Gasteiger partial charge is 0.133 e. The van der Waals surface area contributed by atoms with Crippen molar-refractivity contribution in [2.45, 2.75) is 91.3 Å². The summed E-state index contributed by atoms with van der Waals surface area (Å²) in [5.74, 6) is 3.07. The van der Waals surface area contributed by atoms with E-state index in [1.165, 1.54) is 6.42 Å². The van der Waals surface area contributed by atoms with Crippen molar-refractivity contribution in [3.8, 4) is 0 Å². The van der Waals surface area contributed by atoms with Gasteiger partial charge in [-0.25, -0.2) is 0 Å². The van der Waals surface area contributed by atoms with Gasteiger partial charge in [-0.05, 0) is 85.9 Å². The second-order valence-electron chi connectivity index (χ2n) is 11.1. The molecule has 3 nitrogen and oxygen atoms in total. The highest BCUT2D eigenvalue weighted by atomic mass is 16.3. The summed E-state index contributed by atoms with van der Waals surface area (Å²) in [5.41, 5.74) is -0.677. The second kappa shape index (κ2) is 5.80. The first-order valence-electron chi connectivity index (χ1n) is 11.0. The lowest BCUT2D eigenvalue weighted by Crippen LogP contribution is -2.66. The van der Waals surface area contributed by atoms with Crippen LogP contribution in [0.25, 0.3) is 0 Å². The summed E-state index contributed by atoms with van der Waals surface area (Å²) < 4.78 is 0. The van der Waals surface area contributed by atoms with Crippen LogP contribution in [0.4, 0.5) is 0 Å². The number of hydrogen-bond donors (Lipinski definition) is 2. The Morgan fingerprint density at radius 1 is 1.04 bits per heavy atom. The SMILES string of the molecule is CC(=O)C1C(C)CC2C3CC(C)C4(O)CC(O)CCC4(C)C3CCC21C. The molecular weight excluding hydrogens is 324 g/mol. The summed E-state index contributed by atoms with van der Waals surface area (Å²) in [6.07, 6.45) is 6.43. The molecule has 4 fully saturated rings. The number of carbonyl (C=O) groups excluding carboxylic acids is 1. The van der Waals surface area contributed by atoms with E-state index < -0.39 is 5.60 Å². The van der Waals surface area contributed by atoms with Crippen LogP contribution in [0, 0.1) is 46.3 Å². The summed E-state index contributed by atoms with van der Waals surface area (Å²) in [4.78, 5) is 12.5. The van der Waals surface area contributed by atoms with E-state index in [0.29, 0.717) is 35.9 Å². The maximum absolute atomic E-state index is 12.5. The molecule has 4 aliphatic carbocycles. The van der Waals surface area contributed by atoms with Gasteiger partial charge in [-0.3, -0.25) is 4.79 Å². The Morgan fingerprint density at radius 2 is 1.73 bits per heavy atom. The molecule has 4 rings (SSSR count). The zero-order valence-corrected chi connectivity index (χ0v) is 17.3. The number of hydrogen-bond acceptors (Lipinski definition) is 3. The number of Topliss-reactive ketones (excluding diaryl/α,β-unsaturated/α-hetero) is 1. The Morgan fingerprint density at radius 3 is 2.38 bits per heavy atom. The third kappa shape index (κ3) is 2.22. The predicted octanol–water partition coefficient (Wildman–Crippen LogP) is 4.20. The van der Waals surface area contributed by atoms with Crippen molar-refractivity contribution in [2.24, 2.45) is 46.3 Å². The Bertz CT molecular complexity index is 602. The normalized spacial score (nSPS) is 59.3. The fourth-order valence-electron chi connectivity index (χ4n) is 8.89. The topological polar surface area (TPSA) is 57.5 Å². The second-order valence-corrected chi connectivity index (χ2v) is 11.1. The van der Waals surface area contributed by atoms with E-state index in [1.807, 2.05) is 0 Å². The number of fused-ring (bicyclic) bond motifs is 5. The summed E-state index contributed by atoms with van der Waals surface area (Å²) in [6, 6.07) is 0. The summed E-state index contributed by atoms with van der Waals surface area (Å²) in [7, 11) is 0. The van der Waals surface area contributed by atoms with Crippen molar-refractivity contribution in [3.63, 3.8) is 0 Å². The van der Waals surface area contributed by atoms with E-state index in [2.05, 4.69) is 27.7 Å². The minimum absolute atomic E-state index is 0.0898. The minimum Gasteiger partial charge on any atom is -0.393 e.